The second-order valence-electron chi connectivity index (χ2n) is 8.25. The molecule has 4 rings (SSSR count). The molecule has 2 aliphatic heterocycles. The lowest BCUT2D eigenvalue weighted by Gasteiger charge is -2.35. The molecule has 2 aliphatic rings. The molecule has 30 heavy (non-hydrogen) atoms. The highest BCUT2D eigenvalue weighted by Crippen LogP contribution is 2.31. The zero-order valence-electron chi connectivity index (χ0n) is 17.6. The number of aryl methyl sites for hydroxylation is 1. The quantitative estimate of drug-likeness (QED) is 0.643. The van der Waals surface area contributed by atoms with E-state index in [0.29, 0.717) is 6.54 Å². The Bertz CT molecular complexity index is 884. The van der Waals surface area contributed by atoms with Gasteiger partial charge in [0.1, 0.15) is 12.1 Å². The molecule has 4 atom stereocenters. The fourth-order valence-electron chi connectivity index (χ4n) is 4.42. The van der Waals surface area contributed by atoms with Crippen molar-refractivity contribution in [3.63, 3.8) is 0 Å². The van der Waals surface area contributed by atoms with Crippen LogP contribution in [0.15, 0.2) is 54.6 Å². The van der Waals surface area contributed by atoms with Gasteiger partial charge in [0.25, 0.3) is 0 Å². The smallest absolute Gasteiger partial charge is 0.236 e. The summed E-state index contributed by atoms with van der Waals surface area (Å²) in [6, 6.07) is 17.8. The van der Waals surface area contributed by atoms with Crippen LogP contribution in [0.2, 0.25) is 0 Å². The minimum absolute atomic E-state index is 0.00533. The van der Waals surface area contributed by atoms with E-state index in [0.717, 1.165) is 30.6 Å². The molecule has 2 aromatic carbocycles. The van der Waals surface area contributed by atoms with E-state index >= 15 is 0 Å². The van der Waals surface area contributed by atoms with Crippen molar-refractivity contribution in [2.45, 2.75) is 45.3 Å². The van der Waals surface area contributed by atoms with Crippen molar-refractivity contribution in [1.82, 2.24) is 10.7 Å². The topological polar surface area (TPSA) is 73.5 Å². The molecule has 0 aromatic heterocycles. The van der Waals surface area contributed by atoms with Crippen molar-refractivity contribution in [3.05, 3.63) is 60.2 Å². The average molecular weight is 407 g/mol. The summed E-state index contributed by atoms with van der Waals surface area (Å²) in [5.41, 5.74) is 6.39. The van der Waals surface area contributed by atoms with Crippen molar-refractivity contribution < 1.29 is 9.59 Å². The highest BCUT2D eigenvalue weighted by atomic mass is 16.2. The summed E-state index contributed by atoms with van der Waals surface area (Å²) in [4.78, 5) is 26.1. The molecule has 3 N–H and O–H groups in total. The van der Waals surface area contributed by atoms with Gasteiger partial charge in [0.05, 0.1) is 11.6 Å². The number of fused-ring (bicyclic) bond motifs is 1. The largest absolute Gasteiger partial charge is 0.325 e. The van der Waals surface area contributed by atoms with Gasteiger partial charge in [-0.25, -0.2) is 5.43 Å². The third-order valence-electron chi connectivity index (χ3n) is 6.09. The summed E-state index contributed by atoms with van der Waals surface area (Å²) in [7, 11) is 0. The predicted molar refractivity (Wildman–Crippen MR) is 119 cm³/mol. The van der Waals surface area contributed by atoms with Crippen LogP contribution in [0.25, 0.3) is 0 Å². The Morgan fingerprint density at radius 3 is 2.57 bits per heavy atom. The standard InChI is InChI=1S/C24H30N4O2/c1-3-4-8-17-11-13-18(14-12-17)26-24(30)20-15-25-23-21(22(20)29)16(2)27-28(23)19-9-6-5-7-10-19/h5-7,9-14,16,20-21,23,25,27H,3-4,8,15H2,1-2H3,(H,26,30). The van der Waals surface area contributed by atoms with Gasteiger partial charge in [0.2, 0.25) is 5.91 Å². The molecule has 2 saturated heterocycles. The first-order valence-corrected chi connectivity index (χ1v) is 10.9. The highest BCUT2D eigenvalue weighted by molar-refractivity contribution is 6.09. The number of hydrazine groups is 1. The molecule has 6 nitrogen and oxygen atoms in total. The maximum atomic E-state index is 13.2. The number of carbonyl (C=O) groups excluding carboxylic acids is 2. The van der Waals surface area contributed by atoms with Crippen molar-refractivity contribution in [3.8, 4) is 0 Å². The van der Waals surface area contributed by atoms with Gasteiger partial charge >= 0.3 is 0 Å². The number of carbonyl (C=O) groups is 2. The second-order valence-corrected chi connectivity index (χ2v) is 8.25. The van der Waals surface area contributed by atoms with E-state index in [9.17, 15) is 9.59 Å². The lowest BCUT2D eigenvalue weighted by molar-refractivity contribution is -0.136. The Kier molecular flexibility index (Phi) is 6.16. The minimum atomic E-state index is -0.689. The van der Waals surface area contributed by atoms with Gasteiger partial charge in [0.15, 0.2) is 5.78 Å². The lowest BCUT2D eigenvalue weighted by Crippen LogP contribution is -2.58. The molecular weight excluding hydrogens is 376 g/mol. The van der Waals surface area contributed by atoms with E-state index in [1.165, 1.54) is 5.56 Å². The first-order chi connectivity index (χ1) is 14.6. The zero-order valence-corrected chi connectivity index (χ0v) is 17.6. The fourth-order valence-corrected chi connectivity index (χ4v) is 4.42. The van der Waals surface area contributed by atoms with Crippen LogP contribution in [-0.2, 0) is 16.0 Å². The zero-order chi connectivity index (χ0) is 21.1. The number of benzene rings is 2. The number of para-hydroxylation sites is 1. The molecule has 158 valence electrons. The summed E-state index contributed by atoms with van der Waals surface area (Å²) >= 11 is 0. The summed E-state index contributed by atoms with van der Waals surface area (Å²) in [5, 5.41) is 8.36. The lowest BCUT2D eigenvalue weighted by atomic mass is 9.83. The van der Waals surface area contributed by atoms with Gasteiger partial charge in [-0.15, -0.1) is 0 Å². The van der Waals surface area contributed by atoms with E-state index < -0.39 is 5.92 Å². The second kappa shape index (κ2) is 8.98. The molecule has 6 heteroatoms. The Hall–Kier alpha value is -2.70. The van der Waals surface area contributed by atoms with E-state index in [-0.39, 0.29) is 29.8 Å². The number of hydrogen-bond donors (Lipinski definition) is 3. The van der Waals surface area contributed by atoms with E-state index in [2.05, 4.69) is 23.0 Å². The first-order valence-electron chi connectivity index (χ1n) is 10.9. The summed E-state index contributed by atoms with van der Waals surface area (Å²) < 4.78 is 0. The van der Waals surface area contributed by atoms with Crippen LogP contribution >= 0.6 is 0 Å². The number of anilines is 2. The summed E-state index contributed by atoms with van der Waals surface area (Å²) in [6.45, 7) is 4.50. The molecule has 0 bridgehead atoms. The normalized spacial score (nSPS) is 25.8. The SMILES string of the molecule is CCCCc1ccc(NC(=O)C2CNC3C(C2=O)C(C)NN3c2ccccc2)cc1. The summed E-state index contributed by atoms with van der Waals surface area (Å²) in [5.74, 6) is -1.22. The van der Waals surface area contributed by atoms with Crippen LogP contribution < -0.4 is 21.1 Å². The molecule has 2 heterocycles. The number of piperidine rings is 1. The van der Waals surface area contributed by atoms with Gasteiger partial charge in [-0.3, -0.25) is 19.9 Å². The predicted octanol–water partition coefficient (Wildman–Crippen LogP) is 3.11. The van der Waals surface area contributed by atoms with Crippen molar-refractivity contribution in [2.75, 3.05) is 16.9 Å². The number of Topliss-reactive ketones (excluding diaryl/α,β-unsaturated/α-hetero) is 1. The number of unbranched alkanes of at least 4 members (excludes halogenated alkanes) is 1. The molecule has 4 unspecified atom stereocenters. The minimum Gasteiger partial charge on any atom is -0.325 e. The van der Waals surface area contributed by atoms with Crippen LogP contribution in [0, 0.1) is 11.8 Å². The number of amides is 1. The van der Waals surface area contributed by atoms with Gasteiger partial charge in [-0.2, -0.15) is 0 Å². The summed E-state index contributed by atoms with van der Waals surface area (Å²) in [6.07, 6.45) is 3.20. The van der Waals surface area contributed by atoms with Crippen LogP contribution in [0.5, 0.6) is 0 Å². The molecule has 0 saturated carbocycles. The molecule has 0 aliphatic carbocycles. The molecule has 2 aromatic rings. The van der Waals surface area contributed by atoms with Gasteiger partial charge < -0.3 is 5.32 Å². The number of nitrogens with zero attached hydrogens (tertiary/aromatic N) is 1. The number of ketones is 1. The third kappa shape index (κ3) is 4.11. The average Bonchev–Trinajstić information content (AvgIpc) is 3.11. The maximum absolute atomic E-state index is 13.2. The van der Waals surface area contributed by atoms with Gasteiger partial charge in [-0.1, -0.05) is 43.7 Å². The van der Waals surface area contributed by atoms with Crippen LogP contribution in [-0.4, -0.2) is 30.4 Å². The number of hydrogen-bond acceptors (Lipinski definition) is 5. The van der Waals surface area contributed by atoms with E-state index in [4.69, 9.17) is 0 Å². The molecule has 0 spiro atoms. The Morgan fingerprint density at radius 1 is 1.13 bits per heavy atom. The Balaban J connectivity index is 1.42. The molecule has 0 radical (unpaired) electrons. The first kappa shape index (κ1) is 20.6. The van der Waals surface area contributed by atoms with Gasteiger partial charge in [-0.05, 0) is 49.6 Å². The van der Waals surface area contributed by atoms with Crippen molar-refractivity contribution >= 4 is 23.1 Å². The molecule has 2 fully saturated rings. The molecule has 1 amide bonds. The fraction of sp³-hybridized carbons (Fsp3) is 0.417. The molecular formula is C24H30N4O2. The maximum Gasteiger partial charge on any atom is 0.236 e. The van der Waals surface area contributed by atoms with E-state index in [1.54, 1.807) is 0 Å². The Labute approximate surface area is 178 Å². The van der Waals surface area contributed by atoms with E-state index in [1.807, 2.05) is 66.5 Å². The monoisotopic (exact) mass is 406 g/mol. The number of rotatable bonds is 6. The van der Waals surface area contributed by atoms with Crippen LogP contribution in [0.3, 0.4) is 0 Å². The van der Waals surface area contributed by atoms with Crippen molar-refractivity contribution in [1.29, 1.82) is 0 Å². The van der Waals surface area contributed by atoms with Crippen LogP contribution in [0.4, 0.5) is 11.4 Å². The van der Waals surface area contributed by atoms with Crippen LogP contribution in [0.1, 0.15) is 32.3 Å². The van der Waals surface area contributed by atoms with Crippen molar-refractivity contribution in [2.24, 2.45) is 11.8 Å². The third-order valence-corrected chi connectivity index (χ3v) is 6.09. The van der Waals surface area contributed by atoms with Gasteiger partial charge in [0, 0.05) is 18.3 Å². The Morgan fingerprint density at radius 2 is 1.87 bits per heavy atom. The number of nitrogens with one attached hydrogen (secondary N) is 3. The highest BCUT2D eigenvalue weighted by Gasteiger charge is 2.50.